The number of ketones is 1. The van der Waals surface area contributed by atoms with Gasteiger partial charge in [-0.3, -0.25) is 14.4 Å². The highest BCUT2D eigenvalue weighted by atomic mass is 35.5. The first-order valence-corrected chi connectivity index (χ1v) is 11.0. The second kappa shape index (κ2) is 7.70. The van der Waals surface area contributed by atoms with Gasteiger partial charge >= 0.3 is 0 Å². The Balaban J connectivity index is 1.15. The van der Waals surface area contributed by atoms with Crippen LogP contribution in [0, 0.1) is 18.2 Å². The van der Waals surface area contributed by atoms with Crippen LogP contribution in [0.1, 0.15) is 41.8 Å². The zero-order valence-electron chi connectivity index (χ0n) is 17.9. The smallest absolute Gasteiger partial charge is 0.258 e. The average Bonchev–Trinajstić information content (AvgIpc) is 2.72. The van der Waals surface area contributed by atoms with Crippen molar-refractivity contribution in [2.45, 2.75) is 38.1 Å². The molecule has 3 aliphatic rings. The van der Waals surface area contributed by atoms with Crippen LogP contribution in [0.3, 0.4) is 0 Å². The molecule has 0 saturated heterocycles. The molecule has 0 atom stereocenters. The third-order valence-corrected chi connectivity index (χ3v) is 6.81. The van der Waals surface area contributed by atoms with E-state index in [1.165, 1.54) is 18.2 Å². The monoisotopic (exact) mass is 469 g/mol. The van der Waals surface area contributed by atoms with E-state index in [2.05, 4.69) is 5.32 Å². The Kier molecular flexibility index (Phi) is 5.05. The zero-order valence-corrected chi connectivity index (χ0v) is 18.6. The average molecular weight is 470 g/mol. The summed E-state index contributed by atoms with van der Waals surface area (Å²) in [5.41, 5.74) is 0.614. The molecule has 2 bridgehead atoms. The zero-order chi connectivity index (χ0) is 23.4. The highest BCUT2D eigenvalue weighted by Gasteiger charge is 2.68. The molecule has 2 aromatic carbocycles. The van der Waals surface area contributed by atoms with E-state index in [1.54, 1.807) is 12.1 Å². The quantitative estimate of drug-likeness (QED) is 0.512. The van der Waals surface area contributed by atoms with Crippen molar-refractivity contribution >= 4 is 34.3 Å². The van der Waals surface area contributed by atoms with Crippen LogP contribution in [0.2, 0.25) is 5.02 Å². The highest BCUT2D eigenvalue weighted by molar-refractivity contribution is 6.30. The highest BCUT2D eigenvalue weighted by Crippen LogP contribution is 2.69. The normalized spacial score (nSPS) is 22.9. The van der Waals surface area contributed by atoms with Crippen LogP contribution < -0.4 is 15.5 Å². The summed E-state index contributed by atoms with van der Waals surface area (Å²) >= 11 is 5.63. The lowest BCUT2D eigenvalue weighted by atomic mass is 9.38. The number of nitrogens with one attached hydrogen (secondary N) is 1. The maximum absolute atomic E-state index is 13.5. The molecule has 170 valence electrons. The van der Waals surface area contributed by atoms with E-state index < -0.39 is 5.82 Å². The molecule has 0 aliphatic heterocycles. The van der Waals surface area contributed by atoms with Crippen molar-refractivity contribution < 1.29 is 23.1 Å². The van der Waals surface area contributed by atoms with E-state index in [-0.39, 0.29) is 57.6 Å². The number of carbonyl (C=O) groups excluding carboxylic acids is 2. The Bertz CT molecular complexity index is 1340. The minimum absolute atomic E-state index is 0.0152. The summed E-state index contributed by atoms with van der Waals surface area (Å²) in [6.07, 6.45) is 2.32. The van der Waals surface area contributed by atoms with Gasteiger partial charge in [-0.2, -0.15) is 0 Å². The summed E-state index contributed by atoms with van der Waals surface area (Å²) in [5.74, 6) is -0.831. The van der Waals surface area contributed by atoms with Crippen LogP contribution in [0.25, 0.3) is 11.0 Å². The lowest BCUT2D eigenvalue weighted by molar-refractivity contribution is -0.164. The van der Waals surface area contributed by atoms with Crippen molar-refractivity contribution in [1.82, 2.24) is 5.32 Å². The van der Waals surface area contributed by atoms with E-state index in [4.69, 9.17) is 20.8 Å². The number of carbonyl (C=O) groups is 2. The van der Waals surface area contributed by atoms with E-state index in [9.17, 15) is 18.8 Å². The van der Waals surface area contributed by atoms with Gasteiger partial charge in [0.1, 0.15) is 17.1 Å². The molecule has 0 radical (unpaired) electrons. The Hall–Kier alpha value is -3.19. The first kappa shape index (κ1) is 21.6. The number of ether oxygens (including phenoxy) is 1. The van der Waals surface area contributed by atoms with Gasteiger partial charge in [0.25, 0.3) is 5.91 Å². The molecule has 3 fully saturated rings. The van der Waals surface area contributed by atoms with Crippen molar-refractivity contribution in [3.63, 3.8) is 0 Å². The predicted molar refractivity (Wildman–Crippen MR) is 120 cm³/mol. The van der Waals surface area contributed by atoms with E-state index >= 15 is 0 Å². The number of aryl methyl sites for hydroxylation is 1. The molecule has 33 heavy (non-hydrogen) atoms. The van der Waals surface area contributed by atoms with Crippen LogP contribution in [0.15, 0.2) is 51.7 Å². The minimum Gasteiger partial charge on any atom is -0.484 e. The van der Waals surface area contributed by atoms with Gasteiger partial charge in [0.05, 0.1) is 10.4 Å². The van der Waals surface area contributed by atoms with E-state index in [0.717, 1.165) is 11.6 Å². The SMILES string of the molecule is Cc1ccc2oc(C(=O)CC34CC(NC(=O)COc5ccc(Cl)c(F)c5)(C3)C4)cc(=O)c2c1. The third kappa shape index (κ3) is 4.02. The number of amides is 1. The van der Waals surface area contributed by atoms with Crippen LogP contribution in [-0.4, -0.2) is 23.8 Å². The number of hydrogen-bond acceptors (Lipinski definition) is 5. The molecule has 3 aliphatic carbocycles. The number of rotatable bonds is 7. The molecular weight excluding hydrogens is 449 g/mol. The summed E-state index contributed by atoms with van der Waals surface area (Å²) in [7, 11) is 0. The third-order valence-electron chi connectivity index (χ3n) is 6.50. The number of fused-ring (bicyclic) bond motifs is 1. The van der Waals surface area contributed by atoms with Crippen molar-refractivity contribution in [3.05, 3.63) is 74.9 Å². The minimum atomic E-state index is -0.613. The summed E-state index contributed by atoms with van der Waals surface area (Å²) in [5, 5.41) is 3.41. The standard InChI is InChI=1S/C25H21ClFNO5/c1-14-2-5-21-16(6-14)19(29)8-22(33-21)20(30)9-24-11-25(12-24,13-24)28-23(31)10-32-15-3-4-17(26)18(27)7-15/h2-8H,9-13H2,1H3,(H,28,31). The molecule has 8 heteroatoms. The maximum atomic E-state index is 13.5. The fourth-order valence-corrected chi connectivity index (χ4v) is 5.32. The molecule has 3 aromatic rings. The lowest BCUT2D eigenvalue weighted by Gasteiger charge is -2.70. The molecule has 1 aromatic heterocycles. The van der Waals surface area contributed by atoms with Crippen LogP contribution in [0.5, 0.6) is 5.75 Å². The van der Waals surface area contributed by atoms with Crippen molar-refractivity contribution in [2.75, 3.05) is 6.61 Å². The van der Waals surface area contributed by atoms with Gasteiger partial charge in [-0.1, -0.05) is 23.2 Å². The molecule has 1 amide bonds. The Morgan fingerprint density at radius 3 is 2.64 bits per heavy atom. The molecule has 0 unspecified atom stereocenters. The van der Waals surface area contributed by atoms with Crippen molar-refractivity contribution in [2.24, 2.45) is 5.41 Å². The Morgan fingerprint density at radius 2 is 1.91 bits per heavy atom. The second-order valence-corrected chi connectivity index (χ2v) is 9.71. The maximum Gasteiger partial charge on any atom is 0.258 e. The van der Waals surface area contributed by atoms with Gasteiger partial charge in [0, 0.05) is 24.1 Å². The molecule has 1 heterocycles. The summed E-state index contributed by atoms with van der Waals surface area (Å²) in [6, 6.07) is 10.5. The summed E-state index contributed by atoms with van der Waals surface area (Å²) < 4.78 is 24.5. The second-order valence-electron chi connectivity index (χ2n) is 9.30. The fraction of sp³-hybridized carbons (Fsp3) is 0.320. The van der Waals surface area contributed by atoms with E-state index in [0.29, 0.717) is 30.2 Å². The van der Waals surface area contributed by atoms with Gasteiger partial charge in [-0.25, -0.2) is 4.39 Å². The van der Waals surface area contributed by atoms with Crippen LogP contribution in [0.4, 0.5) is 4.39 Å². The first-order valence-electron chi connectivity index (χ1n) is 10.6. The van der Waals surface area contributed by atoms with E-state index in [1.807, 2.05) is 13.0 Å². The molecule has 0 spiro atoms. The molecule has 6 rings (SSSR count). The van der Waals surface area contributed by atoms with Gasteiger partial charge in [0.2, 0.25) is 0 Å². The summed E-state index contributed by atoms with van der Waals surface area (Å²) in [4.78, 5) is 37.4. The lowest BCUT2D eigenvalue weighted by Crippen LogP contribution is -2.75. The molecule has 1 N–H and O–H groups in total. The number of benzene rings is 2. The Morgan fingerprint density at radius 1 is 1.15 bits per heavy atom. The van der Waals surface area contributed by atoms with Gasteiger partial charge in [0.15, 0.2) is 23.6 Å². The predicted octanol–water partition coefficient (Wildman–Crippen LogP) is 4.58. The first-order chi connectivity index (χ1) is 15.7. The number of hydrogen-bond donors (Lipinski definition) is 1. The largest absolute Gasteiger partial charge is 0.484 e. The Labute approximate surface area is 193 Å². The number of Topliss-reactive ketones (excluding diaryl/α,β-unsaturated/α-hetero) is 1. The molecule has 3 saturated carbocycles. The van der Waals surface area contributed by atoms with Crippen LogP contribution in [-0.2, 0) is 4.79 Å². The summed E-state index contributed by atoms with van der Waals surface area (Å²) in [6.45, 7) is 1.65. The van der Waals surface area contributed by atoms with Crippen molar-refractivity contribution in [1.29, 1.82) is 0 Å². The van der Waals surface area contributed by atoms with Gasteiger partial charge in [-0.05, 0) is 55.9 Å². The molecule has 6 nitrogen and oxygen atoms in total. The number of halogens is 2. The van der Waals surface area contributed by atoms with Crippen LogP contribution >= 0.6 is 11.6 Å². The fourth-order valence-electron chi connectivity index (χ4n) is 5.20. The van der Waals surface area contributed by atoms with Gasteiger partial charge in [-0.15, -0.1) is 0 Å². The topological polar surface area (TPSA) is 85.6 Å². The van der Waals surface area contributed by atoms with Gasteiger partial charge < -0.3 is 14.5 Å². The van der Waals surface area contributed by atoms with Crippen molar-refractivity contribution in [3.8, 4) is 5.75 Å². The molecular formula is C25H21ClFNO5.